The summed E-state index contributed by atoms with van der Waals surface area (Å²) in [4.78, 5) is 16.1. The molecular formula is C20H21N5O. The van der Waals surface area contributed by atoms with E-state index in [2.05, 4.69) is 27.0 Å². The van der Waals surface area contributed by atoms with Crippen molar-refractivity contribution < 1.29 is 4.79 Å². The highest BCUT2D eigenvalue weighted by Crippen LogP contribution is 2.31. The summed E-state index contributed by atoms with van der Waals surface area (Å²) in [5.74, 6) is 0.822. The van der Waals surface area contributed by atoms with Gasteiger partial charge in [0.25, 0.3) is 0 Å². The number of nitriles is 1. The highest BCUT2D eigenvalue weighted by molar-refractivity contribution is 5.94. The molecule has 0 saturated carbocycles. The zero-order valence-electron chi connectivity index (χ0n) is 14.6. The molecule has 6 nitrogen and oxygen atoms in total. The van der Waals surface area contributed by atoms with E-state index >= 15 is 0 Å². The van der Waals surface area contributed by atoms with Gasteiger partial charge in [0, 0.05) is 38.2 Å². The molecule has 1 aliphatic rings. The lowest BCUT2D eigenvalue weighted by Crippen LogP contribution is -2.40. The van der Waals surface area contributed by atoms with E-state index in [9.17, 15) is 4.79 Å². The number of carbonyl (C=O) groups excluding carboxylic acids is 1. The van der Waals surface area contributed by atoms with Crippen LogP contribution in [0.4, 0.5) is 5.69 Å². The van der Waals surface area contributed by atoms with Gasteiger partial charge in [-0.3, -0.25) is 9.79 Å². The Hall–Kier alpha value is -3.33. The summed E-state index contributed by atoms with van der Waals surface area (Å²) in [6.45, 7) is 1.23. The van der Waals surface area contributed by atoms with E-state index in [0.717, 1.165) is 16.8 Å². The number of anilines is 1. The molecule has 3 N–H and O–H groups in total. The monoisotopic (exact) mass is 347 g/mol. The van der Waals surface area contributed by atoms with E-state index in [4.69, 9.17) is 5.26 Å². The van der Waals surface area contributed by atoms with Crippen molar-refractivity contribution in [3.8, 4) is 6.07 Å². The van der Waals surface area contributed by atoms with E-state index in [-0.39, 0.29) is 11.8 Å². The number of nitrogens with one attached hydrogen (secondary N) is 3. The molecule has 2 aromatic carbocycles. The predicted octanol–water partition coefficient (Wildman–Crippen LogP) is 2.35. The third kappa shape index (κ3) is 4.19. The summed E-state index contributed by atoms with van der Waals surface area (Å²) < 4.78 is 0. The van der Waals surface area contributed by atoms with Crippen LogP contribution in [0.25, 0.3) is 0 Å². The molecule has 6 heteroatoms. The lowest BCUT2D eigenvalue weighted by Gasteiger charge is -2.26. The third-order valence-corrected chi connectivity index (χ3v) is 4.39. The van der Waals surface area contributed by atoms with E-state index in [1.54, 1.807) is 19.2 Å². The fourth-order valence-electron chi connectivity index (χ4n) is 3.01. The average molecular weight is 347 g/mol. The third-order valence-electron chi connectivity index (χ3n) is 4.39. The van der Waals surface area contributed by atoms with Crippen molar-refractivity contribution >= 4 is 17.6 Å². The second-order valence-corrected chi connectivity index (χ2v) is 6.15. The molecule has 1 amide bonds. The number of nitrogens with zero attached hydrogens (tertiary/aromatic N) is 2. The Morgan fingerprint density at radius 2 is 2.00 bits per heavy atom. The van der Waals surface area contributed by atoms with Gasteiger partial charge < -0.3 is 16.0 Å². The SMILES string of the molecule is CN=C(NCc1ccc(C#N)cc1)NCC1CC(=O)Nc2ccccc21. The van der Waals surface area contributed by atoms with Gasteiger partial charge in [0.1, 0.15) is 0 Å². The quantitative estimate of drug-likeness (QED) is 0.585. The van der Waals surface area contributed by atoms with Crippen molar-refractivity contribution in [2.75, 3.05) is 18.9 Å². The maximum atomic E-state index is 11.9. The van der Waals surface area contributed by atoms with Gasteiger partial charge in [-0.1, -0.05) is 30.3 Å². The first-order chi connectivity index (χ1) is 12.7. The Morgan fingerprint density at radius 3 is 2.73 bits per heavy atom. The number of carbonyl (C=O) groups is 1. The van der Waals surface area contributed by atoms with Gasteiger partial charge >= 0.3 is 0 Å². The molecule has 26 heavy (non-hydrogen) atoms. The number of benzene rings is 2. The van der Waals surface area contributed by atoms with Crippen LogP contribution in [0.2, 0.25) is 0 Å². The fourth-order valence-corrected chi connectivity index (χ4v) is 3.01. The van der Waals surface area contributed by atoms with Gasteiger partial charge in [0.2, 0.25) is 5.91 Å². The first-order valence-corrected chi connectivity index (χ1v) is 8.52. The zero-order valence-corrected chi connectivity index (χ0v) is 14.6. The molecule has 132 valence electrons. The minimum Gasteiger partial charge on any atom is -0.356 e. The number of para-hydroxylation sites is 1. The molecule has 0 fully saturated rings. The number of hydrogen-bond donors (Lipinski definition) is 3. The van der Waals surface area contributed by atoms with Crippen LogP contribution < -0.4 is 16.0 Å². The Kier molecular flexibility index (Phi) is 5.49. The molecule has 1 heterocycles. The Balaban J connectivity index is 1.57. The van der Waals surface area contributed by atoms with Crippen molar-refractivity contribution in [2.24, 2.45) is 4.99 Å². The molecule has 0 aromatic heterocycles. The minimum absolute atomic E-state index is 0.0380. The van der Waals surface area contributed by atoms with E-state index < -0.39 is 0 Å². The van der Waals surface area contributed by atoms with Crippen LogP contribution in [0.3, 0.4) is 0 Å². The molecular weight excluding hydrogens is 326 g/mol. The summed E-state index contributed by atoms with van der Waals surface area (Å²) in [5.41, 5.74) is 3.73. The fraction of sp³-hybridized carbons (Fsp3) is 0.250. The summed E-state index contributed by atoms with van der Waals surface area (Å²) in [6, 6.07) is 17.4. The first-order valence-electron chi connectivity index (χ1n) is 8.52. The summed E-state index contributed by atoms with van der Waals surface area (Å²) in [5, 5.41) is 18.3. The summed E-state index contributed by atoms with van der Waals surface area (Å²) >= 11 is 0. The topological polar surface area (TPSA) is 89.3 Å². The minimum atomic E-state index is 0.0380. The Morgan fingerprint density at radius 1 is 1.23 bits per heavy atom. The second-order valence-electron chi connectivity index (χ2n) is 6.15. The highest BCUT2D eigenvalue weighted by atomic mass is 16.1. The number of aliphatic imine (C=N–C) groups is 1. The standard InChI is InChI=1S/C20H21N5O/c1-22-20(23-12-15-8-6-14(11-21)7-9-15)24-13-16-10-19(26)25-18-5-3-2-4-17(16)18/h2-9,16H,10,12-13H2,1H3,(H,25,26)(H2,22,23,24). The van der Waals surface area contributed by atoms with E-state index in [1.165, 1.54) is 0 Å². The Bertz CT molecular complexity index is 851. The van der Waals surface area contributed by atoms with Crippen molar-refractivity contribution in [1.82, 2.24) is 10.6 Å². The molecule has 2 aromatic rings. The molecule has 0 saturated heterocycles. The summed E-state index contributed by atoms with van der Waals surface area (Å²) in [6.07, 6.45) is 0.455. The Labute approximate surface area is 153 Å². The van der Waals surface area contributed by atoms with Crippen molar-refractivity contribution in [2.45, 2.75) is 18.9 Å². The zero-order chi connectivity index (χ0) is 18.4. The van der Waals surface area contributed by atoms with Crippen LogP contribution >= 0.6 is 0 Å². The number of hydrogen-bond acceptors (Lipinski definition) is 3. The van der Waals surface area contributed by atoms with E-state index in [1.807, 2.05) is 36.4 Å². The molecule has 0 bridgehead atoms. The number of fused-ring (bicyclic) bond motifs is 1. The van der Waals surface area contributed by atoms with Gasteiger partial charge in [0.05, 0.1) is 11.6 Å². The second kappa shape index (κ2) is 8.17. The summed E-state index contributed by atoms with van der Waals surface area (Å²) in [7, 11) is 1.72. The lowest BCUT2D eigenvalue weighted by molar-refractivity contribution is -0.116. The van der Waals surface area contributed by atoms with Gasteiger partial charge in [-0.05, 0) is 29.3 Å². The van der Waals surface area contributed by atoms with Crippen molar-refractivity contribution in [3.63, 3.8) is 0 Å². The first kappa shape index (κ1) is 17.5. The smallest absolute Gasteiger partial charge is 0.225 e. The molecule has 1 atom stereocenters. The number of amides is 1. The van der Waals surface area contributed by atoms with Gasteiger partial charge in [-0.25, -0.2) is 0 Å². The van der Waals surface area contributed by atoms with Gasteiger partial charge in [-0.15, -0.1) is 0 Å². The lowest BCUT2D eigenvalue weighted by atomic mass is 9.90. The van der Waals surface area contributed by atoms with Crippen LogP contribution in [0.15, 0.2) is 53.5 Å². The molecule has 0 aliphatic carbocycles. The number of rotatable bonds is 4. The van der Waals surface area contributed by atoms with Crippen LogP contribution in [0.1, 0.15) is 29.0 Å². The molecule has 0 spiro atoms. The van der Waals surface area contributed by atoms with Crippen LogP contribution in [-0.4, -0.2) is 25.5 Å². The van der Waals surface area contributed by atoms with Gasteiger partial charge in [-0.2, -0.15) is 5.26 Å². The largest absolute Gasteiger partial charge is 0.356 e. The van der Waals surface area contributed by atoms with Crippen molar-refractivity contribution in [3.05, 3.63) is 65.2 Å². The molecule has 1 aliphatic heterocycles. The van der Waals surface area contributed by atoms with Crippen LogP contribution in [-0.2, 0) is 11.3 Å². The molecule has 1 unspecified atom stereocenters. The van der Waals surface area contributed by atoms with Gasteiger partial charge in [0.15, 0.2) is 5.96 Å². The molecule has 0 radical (unpaired) electrons. The molecule has 3 rings (SSSR count). The maximum absolute atomic E-state index is 11.9. The maximum Gasteiger partial charge on any atom is 0.225 e. The van der Waals surface area contributed by atoms with E-state index in [0.29, 0.717) is 31.0 Å². The highest BCUT2D eigenvalue weighted by Gasteiger charge is 2.24. The normalized spacial score (nSPS) is 16.2. The van der Waals surface area contributed by atoms with Crippen LogP contribution in [0, 0.1) is 11.3 Å². The van der Waals surface area contributed by atoms with Crippen molar-refractivity contribution in [1.29, 1.82) is 5.26 Å². The number of guanidine groups is 1. The van der Waals surface area contributed by atoms with Crippen LogP contribution in [0.5, 0.6) is 0 Å². The average Bonchev–Trinajstić information content (AvgIpc) is 2.68. The predicted molar refractivity (Wildman–Crippen MR) is 102 cm³/mol.